The second kappa shape index (κ2) is 5.56. The third kappa shape index (κ3) is 2.70. The largest absolute Gasteiger partial charge is 0.306 e. The molecule has 2 aromatic rings. The maximum absolute atomic E-state index is 14.2. The van der Waals surface area contributed by atoms with Crippen molar-refractivity contribution in [3.63, 3.8) is 0 Å². The number of imidazole rings is 1. The van der Waals surface area contributed by atoms with Gasteiger partial charge in [-0.15, -0.1) is 0 Å². The van der Waals surface area contributed by atoms with Gasteiger partial charge in [0.2, 0.25) is 0 Å². The Morgan fingerprint density at radius 2 is 2.05 bits per heavy atom. The lowest BCUT2D eigenvalue weighted by Crippen LogP contribution is -2.35. The number of nitrogens with zero attached hydrogens (tertiary/aromatic N) is 2. The fraction of sp³-hybridized carbons (Fsp3) is 0.438. The number of benzene rings is 1. The van der Waals surface area contributed by atoms with Crippen molar-refractivity contribution in [1.82, 2.24) is 14.9 Å². The summed E-state index contributed by atoms with van der Waals surface area (Å²) in [6.07, 6.45) is 6.51. The van der Waals surface area contributed by atoms with Gasteiger partial charge in [0.1, 0.15) is 11.6 Å². The molecule has 0 bridgehead atoms. The Labute approximate surface area is 123 Å². The van der Waals surface area contributed by atoms with Gasteiger partial charge < -0.3 is 5.32 Å². The monoisotopic (exact) mass is 291 g/mol. The molecule has 0 aliphatic carbocycles. The Bertz CT molecular complexity index is 651. The quantitative estimate of drug-likeness (QED) is 0.915. The highest BCUT2D eigenvalue weighted by molar-refractivity contribution is 5.39. The van der Waals surface area contributed by atoms with E-state index < -0.39 is 11.6 Å². The van der Waals surface area contributed by atoms with Crippen LogP contribution in [0.5, 0.6) is 0 Å². The average Bonchev–Trinajstić information content (AvgIpc) is 2.92. The zero-order valence-electron chi connectivity index (χ0n) is 12.2. The highest BCUT2D eigenvalue weighted by atomic mass is 19.1. The predicted molar refractivity (Wildman–Crippen MR) is 77.4 cm³/mol. The summed E-state index contributed by atoms with van der Waals surface area (Å²) in [5, 5.41) is 3.50. The van der Waals surface area contributed by atoms with E-state index in [-0.39, 0.29) is 11.7 Å². The van der Waals surface area contributed by atoms with Crippen molar-refractivity contribution in [2.75, 3.05) is 0 Å². The lowest BCUT2D eigenvalue weighted by atomic mass is 9.97. The second-order valence-corrected chi connectivity index (χ2v) is 5.79. The van der Waals surface area contributed by atoms with Gasteiger partial charge in [0.25, 0.3) is 0 Å². The Balaban J connectivity index is 2.01. The van der Waals surface area contributed by atoms with Crippen LogP contribution in [0.15, 0.2) is 24.7 Å². The highest BCUT2D eigenvalue weighted by Gasteiger charge is 2.23. The van der Waals surface area contributed by atoms with E-state index in [9.17, 15) is 8.78 Å². The van der Waals surface area contributed by atoms with Crippen LogP contribution in [0.4, 0.5) is 8.78 Å². The minimum atomic E-state index is -0.433. The molecular weight excluding hydrogens is 272 g/mol. The topological polar surface area (TPSA) is 29.9 Å². The number of hydrogen-bond donors (Lipinski definition) is 1. The van der Waals surface area contributed by atoms with Crippen LogP contribution < -0.4 is 5.32 Å². The molecule has 21 heavy (non-hydrogen) atoms. The molecule has 0 spiro atoms. The summed E-state index contributed by atoms with van der Waals surface area (Å²) in [4.78, 5) is 4.13. The van der Waals surface area contributed by atoms with Gasteiger partial charge in [-0.1, -0.05) is 0 Å². The second-order valence-electron chi connectivity index (χ2n) is 5.79. The highest BCUT2D eigenvalue weighted by Crippen LogP contribution is 2.28. The van der Waals surface area contributed by atoms with E-state index in [0.717, 1.165) is 25.0 Å². The summed E-state index contributed by atoms with van der Waals surface area (Å²) in [5.74, 6) is -0.840. The molecule has 2 unspecified atom stereocenters. The van der Waals surface area contributed by atoms with Gasteiger partial charge in [-0.3, -0.25) is 4.57 Å². The smallest absolute Gasteiger partial charge is 0.147 e. The summed E-state index contributed by atoms with van der Waals surface area (Å²) < 4.78 is 29.6. The van der Waals surface area contributed by atoms with Crippen LogP contribution in [-0.2, 0) is 0 Å². The standard InChI is InChI=1S/C16H19F2N3/c1-10-6-13(18)15(7-12(10)17)21-9-19-8-16(21)14-5-3-4-11(2)20-14/h6-9,11,14,20H,3-5H2,1-2H3. The summed E-state index contributed by atoms with van der Waals surface area (Å²) in [7, 11) is 0. The van der Waals surface area contributed by atoms with E-state index in [1.54, 1.807) is 24.0 Å². The van der Waals surface area contributed by atoms with Crippen LogP contribution in [-0.4, -0.2) is 15.6 Å². The van der Waals surface area contributed by atoms with Crippen LogP contribution in [0.2, 0.25) is 0 Å². The Hall–Kier alpha value is -1.75. The molecule has 112 valence electrons. The zero-order valence-corrected chi connectivity index (χ0v) is 12.2. The summed E-state index contributed by atoms with van der Waals surface area (Å²) >= 11 is 0. The molecule has 3 rings (SSSR count). The number of halogens is 2. The van der Waals surface area contributed by atoms with E-state index in [4.69, 9.17) is 0 Å². The number of piperidine rings is 1. The minimum Gasteiger partial charge on any atom is -0.306 e. The first-order valence-electron chi connectivity index (χ1n) is 7.30. The predicted octanol–water partition coefficient (Wildman–Crippen LogP) is 3.66. The molecule has 1 N–H and O–H groups in total. The van der Waals surface area contributed by atoms with E-state index in [2.05, 4.69) is 17.2 Å². The summed E-state index contributed by atoms with van der Waals surface area (Å²) in [5.41, 5.74) is 1.40. The van der Waals surface area contributed by atoms with Crippen LogP contribution in [0.25, 0.3) is 5.69 Å². The first kappa shape index (κ1) is 14.2. The minimum absolute atomic E-state index is 0.125. The molecule has 1 aromatic heterocycles. The Morgan fingerprint density at radius 3 is 2.81 bits per heavy atom. The van der Waals surface area contributed by atoms with Gasteiger partial charge in [0.15, 0.2) is 0 Å². The zero-order chi connectivity index (χ0) is 15.0. The number of nitrogens with one attached hydrogen (secondary N) is 1. The van der Waals surface area contributed by atoms with Gasteiger partial charge in [-0.05, 0) is 44.7 Å². The van der Waals surface area contributed by atoms with Gasteiger partial charge in [0.05, 0.1) is 23.9 Å². The van der Waals surface area contributed by atoms with Crippen molar-refractivity contribution in [1.29, 1.82) is 0 Å². The molecule has 0 amide bonds. The number of rotatable bonds is 2. The summed E-state index contributed by atoms with van der Waals surface area (Å²) in [6.45, 7) is 3.69. The number of aromatic nitrogens is 2. The van der Waals surface area contributed by atoms with Crippen molar-refractivity contribution < 1.29 is 8.78 Å². The lowest BCUT2D eigenvalue weighted by molar-refractivity contribution is 0.334. The molecule has 2 atom stereocenters. The normalized spacial score (nSPS) is 22.5. The van der Waals surface area contributed by atoms with Crippen molar-refractivity contribution in [3.8, 4) is 5.69 Å². The SMILES string of the molecule is Cc1cc(F)c(-n2cncc2C2CCCC(C)N2)cc1F. The van der Waals surface area contributed by atoms with Crippen LogP contribution >= 0.6 is 0 Å². The Morgan fingerprint density at radius 1 is 1.24 bits per heavy atom. The van der Waals surface area contributed by atoms with E-state index in [1.165, 1.54) is 12.1 Å². The molecule has 3 nitrogen and oxygen atoms in total. The first-order chi connectivity index (χ1) is 10.1. The summed E-state index contributed by atoms with van der Waals surface area (Å²) in [6, 6.07) is 3.01. The van der Waals surface area contributed by atoms with Gasteiger partial charge in [-0.25, -0.2) is 13.8 Å². The van der Waals surface area contributed by atoms with Crippen molar-refractivity contribution >= 4 is 0 Å². The van der Waals surface area contributed by atoms with Gasteiger partial charge >= 0.3 is 0 Å². The number of hydrogen-bond acceptors (Lipinski definition) is 2. The van der Waals surface area contributed by atoms with Crippen molar-refractivity contribution in [3.05, 3.63) is 47.5 Å². The molecule has 1 fully saturated rings. The van der Waals surface area contributed by atoms with Crippen LogP contribution in [0.3, 0.4) is 0 Å². The molecule has 5 heteroatoms. The molecule has 1 aliphatic heterocycles. The molecule has 1 aliphatic rings. The average molecular weight is 291 g/mol. The molecule has 1 aromatic carbocycles. The van der Waals surface area contributed by atoms with Crippen LogP contribution in [0.1, 0.15) is 43.5 Å². The molecule has 0 saturated carbocycles. The lowest BCUT2D eigenvalue weighted by Gasteiger charge is -2.29. The third-order valence-corrected chi connectivity index (χ3v) is 4.13. The van der Waals surface area contributed by atoms with Gasteiger partial charge in [-0.2, -0.15) is 0 Å². The number of aryl methyl sites for hydroxylation is 1. The van der Waals surface area contributed by atoms with E-state index >= 15 is 0 Å². The molecular formula is C16H19F2N3. The maximum Gasteiger partial charge on any atom is 0.147 e. The molecule has 2 heterocycles. The molecule has 0 radical (unpaired) electrons. The van der Waals surface area contributed by atoms with E-state index in [1.807, 2.05) is 0 Å². The first-order valence-corrected chi connectivity index (χ1v) is 7.30. The fourth-order valence-corrected chi connectivity index (χ4v) is 2.96. The van der Waals surface area contributed by atoms with Gasteiger partial charge in [0, 0.05) is 18.2 Å². The maximum atomic E-state index is 14.2. The van der Waals surface area contributed by atoms with Crippen molar-refractivity contribution in [2.24, 2.45) is 0 Å². The molecule has 1 saturated heterocycles. The van der Waals surface area contributed by atoms with Crippen LogP contribution in [0, 0.1) is 18.6 Å². The Kier molecular flexibility index (Phi) is 3.76. The fourth-order valence-electron chi connectivity index (χ4n) is 2.96. The van der Waals surface area contributed by atoms with E-state index in [0.29, 0.717) is 11.6 Å². The van der Waals surface area contributed by atoms with Crippen molar-refractivity contribution in [2.45, 2.75) is 45.2 Å². The third-order valence-electron chi connectivity index (χ3n) is 4.13.